The SMILES string of the molecule is O=c1ccc2c(ccc3ncc4c(=O)[nH]cnc4c32)o1. The Labute approximate surface area is 110 Å². The van der Waals surface area contributed by atoms with E-state index < -0.39 is 5.63 Å². The van der Waals surface area contributed by atoms with Crippen molar-refractivity contribution >= 4 is 32.8 Å². The second kappa shape index (κ2) is 3.74. The van der Waals surface area contributed by atoms with Crippen LogP contribution in [0.1, 0.15) is 0 Å². The molecular formula is C14H7N3O3. The molecule has 0 aliphatic heterocycles. The molecule has 0 aliphatic carbocycles. The molecule has 0 bridgehead atoms. The Morgan fingerprint density at radius 1 is 1.00 bits per heavy atom. The van der Waals surface area contributed by atoms with Crippen LogP contribution < -0.4 is 11.2 Å². The van der Waals surface area contributed by atoms with Crippen LogP contribution in [0.4, 0.5) is 0 Å². The predicted octanol–water partition coefficient (Wildman–Crippen LogP) is 1.58. The summed E-state index contributed by atoms with van der Waals surface area (Å²) in [4.78, 5) is 34.1. The van der Waals surface area contributed by atoms with Crippen molar-refractivity contribution in [1.82, 2.24) is 15.0 Å². The molecule has 0 fully saturated rings. The average molecular weight is 265 g/mol. The number of nitrogens with zero attached hydrogens (tertiary/aromatic N) is 2. The van der Waals surface area contributed by atoms with Gasteiger partial charge in [0.25, 0.3) is 5.56 Å². The van der Waals surface area contributed by atoms with Crippen molar-refractivity contribution < 1.29 is 4.42 Å². The van der Waals surface area contributed by atoms with Crippen molar-refractivity contribution in [3.63, 3.8) is 0 Å². The lowest BCUT2D eigenvalue weighted by molar-refractivity contribution is 0.561. The van der Waals surface area contributed by atoms with Crippen molar-refractivity contribution in [1.29, 1.82) is 0 Å². The molecule has 20 heavy (non-hydrogen) atoms. The minimum Gasteiger partial charge on any atom is -0.423 e. The summed E-state index contributed by atoms with van der Waals surface area (Å²) in [6.07, 6.45) is 2.84. The Hall–Kier alpha value is -3.02. The molecule has 0 aliphatic rings. The van der Waals surface area contributed by atoms with Crippen LogP contribution in [-0.2, 0) is 0 Å². The largest absolute Gasteiger partial charge is 0.423 e. The number of nitrogens with one attached hydrogen (secondary N) is 1. The molecule has 0 saturated heterocycles. The van der Waals surface area contributed by atoms with E-state index in [0.29, 0.717) is 32.8 Å². The summed E-state index contributed by atoms with van der Waals surface area (Å²) in [7, 11) is 0. The Kier molecular flexibility index (Phi) is 2.03. The lowest BCUT2D eigenvalue weighted by Crippen LogP contribution is -2.07. The maximum atomic E-state index is 11.8. The predicted molar refractivity (Wildman–Crippen MR) is 73.7 cm³/mol. The summed E-state index contributed by atoms with van der Waals surface area (Å²) in [5.74, 6) is 0. The minimum atomic E-state index is -0.421. The summed E-state index contributed by atoms with van der Waals surface area (Å²) in [6.45, 7) is 0. The van der Waals surface area contributed by atoms with E-state index in [2.05, 4.69) is 15.0 Å². The minimum absolute atomic E-state index is 0.251. The standard InChI is InChI=1S/C14H7N3O3/c18-11-4-1-7-10(20-11)3-2-9-12(7)13-8(5-15-9)14(19)17-6-16-13/h1-6H,(H,16,17,19). The lowest BCUT2D eigenvalue weighted by Gasteiger charge is -2.04. The van der Waals surface area contributed by atoms with Gasteiger partial charge in [0.2, 0.25) is 0 Å². The molecule has 0 radical (unpaired) electrons. The van der Waals surface area contributed by atoms with Crippen LogP contribution in [-0.4, -0.2) is 15.0 Å². The first-order valence-electron chi connectivity index (χ1n) is 5.93. The molecule has 3 heterocycles. The maximum Gasteiger partial charge on any atom is 0.336 e. The molecule has 0 spiro atoms. The average Bonchev–Trinajstić information content (AvgIpc) is 2.46. The molecule has 0 atom stereocenters. The Morgan fingerprint density at radius 3 is 2.80 bits per heavy atom. The van der Waals surface area contributed by atoms with Crippen LogP contribution in [0.5, 0.6) is 0 Å². The molecule has 4 rings (SSSR count). The highest BCUT2D eigenvalue weighted by Crippen LogP contribution is 2.27. The van der Waals surface area contributed by atoms with Gasteiger partial charge in [0, 0.05) is 23.0 Å². The highest BCUT2D eigenvalue weighted by Gasteiger charge is 2.10. The fraction of sp³-hybridized carbons (Fsp3) is 0. The van der Waals surface area contributed by atoms with Crippen molar-refractivity contribution in [2.45, 2.75) is 0 Å². The van der Waals surface area contributed by atoms with E-state index >= 15 is 0 Å². The summed E-state index contributed by atoms with van der Waals surface area (Å²) in [5, 5.41) is 1.81. The second-order valence-corrected chi connectivity index (χ2v) is 4.38. The first kappa shape index (κ1) is 10.9. The number of aromatic nitrogens is 3. The van der Waals surface area contributed by atoms with E-state index in [9.17, 15) is 9.59 Å². The van der Waals surface area contributed by atoms with E-state index in [-0.39, 0.29) is 5.56 Å². The number of hydrogen-bond donors (Lipinski definition) is 1. The van der Waals surface area contributed by atoms with Gasteiger partial charge >= 0.3 is 5.63 Å². The van der Waals surface area contributed by atoms with Gasteiger partial charge in [-0.05, 0) is 18.2 Å². The number of rotatable bonds is 0. The van der Waals surface area contributed by atoms with E-state index in [4.69, 9.17) is 4.42 Å². The van der Waals surface area contributed by atoms with Gasteiger partial charge in [-0.3, -0.25) is 9.78 Å². The van der Waals surface area contributed by atoms with E-state index in [1.54, 1.807) is 18.2 Å². The first-order valence-corrected chi connectivity index (χ1v) is 5.93. The Balaban J connectivity index is 2.39. The molecule has 3 aromatic heterocycles. The number of H-pyrrole nitrogens is 1. The van der Waals surface area contributed by atoms with Crippen LogP contribution in [0.25, 0.3) is 32.8 Å². The number of benzene rings is 1. The van der Waals surface area contributed by atoms with Gasteiger partial charge in [0.15, 0.2) is 0 Å². The molecule has 96 valence electrons. The zero-order valence-corrected chi connectivity index (χ0v) is 10.1. The monoisotopic (exact) mass is 265 g/mol. The van der Waals surface area contributed by atoms with Gasteiger partial charge < -0.3 is 9.40 Å². The van der Waals surface area contributed by atoms with Crippen molar-refractivity contribution in [2.75, 3.05) is 0 Å². The van der Waals surface area contributed by atoms with Gasteiger partial charge in [-0.15, -0.1) is 0 Å². The van der Waals surface area contributed by atoms with Crippen LogP contribution in [0.15, 0.2) is 50.8 Å². The fourth-order valence-electron chi connectivity index (χ4n) is 2.36. The summed E-state index contributed by atoms with van der Waals surface area (Å²) < 4.78 is 5.15. The van der Waals surface area contributed by atoms with Crippen molar-refractivity contribution in [2.24, 2.45) is 0 Å². The fourth-order valence-corrected chi connectivity index (χ4v) is 2.36. The summed E-state index contributed by atoms with van der Waals surface area (Å²) in [6, 6.07) is 6.43. The molecule has 1 aromatic carbocycles. The maximum absolute atomic E-state index is 11.8. The second-order valence-electron chi connectivity index (χ2n) is 4.38. The van der Waals surface area contributed by atoms with Crippen LogP contribution in [0, 0.1) is 0 Å². The molecular weight excluding hydrogens is 258 g/mol. The third-order valence-corrected chi connectivity index (χ3v) is 3.24. The highest BCUT2D eigenvalue weighted by atomic mass is 16.4. The van der Waals surface area contributed by atoms with Gasteiger partial charge in [0.1, 0.15) is 5.58 Å². The van der Waals surface area contributed by atoms with E-state index in [0.717, 1.165) is 0 Å². The first-order chi connectivity index (χ1) is 9.74. The normalized spacial score (nSPS) is 11.4. The lowest BCUT2D eigenvalue weighted by atomic mass is 10.1. The Morgan fingerprint density at radius 2 is 1.90 bits per heavy atom. The molecule has 0 amide bonds. The van der Waals surface area contributed by atoms with Gasteiger partial charge in [-0.2, -0.15) is 0 Å². The number of aromatic amines is 1. The quantitative estimate of drug-likeness (QED) is 0.385. The molecule has 6 nitrogen and oxygen atoms in total. The van der Waals surface area contributed by atoms with Gasteiger partial charge in [-0.25, -0.2) is 9.78 Å². The topological polar surface area (TPSA) is 88.9 Å². The summed E-state index contributed by atoms with van der Waals surface area (Å²) >= 11 is 0. The number of hydrogen-bond acceptors (Lipinski definition) is 5. The Bertz CT molecular complexity index is 1100. The van der Waals surface area contributed by atoms with Crippen LogP contribution >= 0.6 is 0 Å². The smallest absolute Gasteiger partial charge is 0.336 e. The van der Waals surface area contributed by atoms with Crippen LogP contribution in [0.3, 0.4) is 0 Å². The van der Waals surface area contributed by atoms with Gasteiger partial charge in [-0.1, -0.05) is 0 Å². The molecule has 6 heteroatoms. The highest BCUT2D eigenvalue weighted by molar-refractivity contribution is 6.15. The van der Waals surface area contributed by atoms with E-state index in [1.807, 2.05) is 0 Å². The molecule has 0 unspecified atom stereocenters. The molecule has 0 saturated carbocycles. The van der Waals surface area contributed by atoms with Crippen molar-refractivity contribution in [3.05, 3.63) is 57.6 Å². The zero-order valence-electron chi connectivity index (χ0n) is 10.1. The zero-order chi connectivity index (χ0) is 13.7. The molecule has 1 N–H and O–H groups in total. The number of pyridine rings is 1. The van der Waals surface area contributed by atoms with Crippen LogP contribution in [0.2, 0.25) is 0 Å². The van der Waals surface area contributed by atoms with Crippen molar-refractivity contribution in [3.8, 4) is 0 Å². The van der Waals surface area contributed by atoms with E-state index in [1.165, 1.54) is 18.6 Å². The third-order valence-electron chi connectivity index (χ3n) is 3.24. The summed E-state index contributed by atoms with van der Waals surface area (Å²) in [5.41, 5.74) is 1.01. The molecule has 4 aromatic rings. The number of fused-ring (bicyclic) bond motifs is 5. The third kappa shape index (κ3) is 1.38. The van der Waals surface area contributed by atoms with Gasteiger partial charge in [0.05, 0.1) is 22.7 Å².